The predicted molar refractivity (Wildman–Crippen MR) is 56.7 cm³/mol. The smallest absolute Gasteiger partial charge is 0.000209 e. The van der Waals surface area contributed by atoms with Gasteiger partial charge >= 0.3 is 0 Å². The second-order valence-corrected chi connectivity index (χ2v) is 4.30. The molecule has 62 valence electrons. The molecule has 0 aliphatic heterocycles. The van der Waals surface area contributed by atoms with Crippen LogP contribution in [0.1, 0.15) is 40.0 Å². The molecule has 0 heterocycles. The molecule has 2 atom stereocenters. The van der Waals surface area contributed by atoms with Gasteiger partial charge in [-0.05, 0) is 22.7 Å². The van der Waals surface area contributed by atoms with Gasteiger partial charge in [0.25, 0.3) is 0 Å². The zero-order chi connectivity index (χ0) is 7.98. The van der Waals surface area contributed by atoms with Gasteiger partial charge < -0.3 is 0 Å². The third kappa shape index (κ3) is 4.53. The van der Waals surface area contributed by atoms with Crippen LogP contribution in [0.15, 0.2) is 0 Å². The van der Waals surface area contributed by atoms with Crippen molar-refractivity contribution in [1.29, 1.82) is 0 Å². The largest absolute Gasteiger partial charge is 0.0864 e. The Morgan fingerprint density at radius 2 is 1.60 bits per heavy atom. The minimum atomic E-state index is 0.928. The first kappa shape index (κ1) is 10.7. The molecule has 0 nitrogen and oxygen atoms in total. The lowest BCUT2D eigenvalue weighted by Crippen LogP contribution is -2.07. The SMILES string of the molecule is CCCC(C)C(C)CCI. The van der Waals surface area contributed by atoms with Crippen LogP contribution in [0.5, 0.6) is 0 Å². The standard InChI is InChI=1S/C9H19I/c1-4-5-8(2)9(3)6-7-10/h8-9H,4-7H2,1-3H3. The van der Waals surface area contributed by atoms with Crippen LogP contribution in [0.2, 0.25) is 0 Å². The molecule has 0 aliphatic rings. The van der Waals surface area contributed by atoms with E-state index in [-0.39, 0.29) is 0 Å². The Morgan fingerprint density at radius 1 is 1.10 bits per heavy atom. The van der Waals surface area contributed by atoms with Crippen LogP contribution in [0, 0.1) is 11.8 Å². The maximum Gasteiger partial charge on any atom is -0.000209 e. The highest BCUT2D eigenvalue weighted by Gasteiger charge is 2.09. The average molecular weight is 254 g/mol. The third-order valence-corrected chi connectivity index (χ3v) is 2.90. The summed E-state index contributed by atoms with van der Waals surface area (Å²) in [4.78, 5) is 0. The highest BCUT2D eigenvalue weighted by molar-refractivity contribution is 14.1. The van der Waals surface area contributed by atoms with Gasteiger partial charge in [0.1, 0.15) is 0 Å². The molecule has 0 fully saturated rings. The first-order valence-electron chi connectivity index (χ1n) is 4.28. The first-order chi connectivity index (χ1) is 4.72. The van der Waals surface area contributed by atoms with E-state index in [0.29, 0.717) is 0 Å². The molecule has 0 aliphatic carbocycles. The summed E-state index contributed by atoms with van der Waals surface area (Å²) in [6.07, 6.45) is 4.13. The molecule has 1 heteroatoms. The topological polar surface area (TPSA) is 0 Å². The summed E-state index contributed by atoms with van der Waals surface area (Å²) >= 11 is 2.46. The van der Waals surface area contributed by atoms with E-state index < -0.39 is 0 Å². The van der Waals surface area contributed by atoms with Crippen molar-refractivity contribution in [3.8, 4) is 0 Å². The van der Waals surface area contributed by atoms with Crippen LogP contribution in [-0.2, 0) is 0 Å². The summed E-state index contributed by atoms with van der Waals surface area (Å²) in [5.74, 6) is 1.86. The van der Waals surface area contributed by atoms with Crippen LogP contribution < -0.4 is 0 Å². The van der Waals surface area contributed by atoms with Crippen molar-refractivity contribution in [2.75, 3.05) is 4.43 Å². The van der Waals surface area contributed by atoms with Crippen molar-refractivity contribution in [3.05, 3.63) is 0 Å². The number of rotatable bonds is 5. The van der Waals surface area contributed by atoms with Gasteiger partial charge in [-0.2, -0.15) is 0 Å². The van der Waals surface area contributed by atoms with Gasteiger partial charge in [0.2, 0.25) is 0 Å². The molecule has 10 heavy (non-hydrogen) atoms. The summed E-state index contributed by atoms with van der Waals surface area (Å²) in [6, 6.07) is 0. The molecule has 0 spiro atoms. The zero-order valence-electron chi connectivity index (χ0n) is 7.36. The summed E-state index contributed by atoms with van der Waals surface area (Å²) < 4.78 is 1.31. The second kappa shape index (κ2) is 6.44. The van der Waals surface area contributed by atoms with E-state index in [2.05, 4.69) is 43.4 Å². The lowest BCUT2D eigenvalue weighted by atomic mass is 9.90. The minimum Gasteiger partial charge on any atom is -0.0864 e. The molecule has 0 rings (SSSR count). The van der Waals surface area contributed by atoms with Gasteiger partial charge in [0, 0.05) is 0 Å². The maximum atomic E-state index is 2.46. The van der Waals surface area contributed by atoms with E-state index in [9.17, 15) is 0 Å². The minimum absolute atomic E-state index is 0.928. The van der Waals surface area contributed by atoms with E-state index in [0.717, 1.165) is 11.8 Å². The highest BCUT2D eigenvalue weighted by atomic mass is 127. The van der Waals surface area contributed by atoms with Crippen molar-refractivity contribution in [2.45, 2.75) is 40.0 Å². The average Bonchev–Trinajstić information content (AvgIpc) is 1.89. The van der Waals surface area contributed by atoms with E-state index in [1.807, 2.05) is 0 Å². The quantitative estimate of drug-likeness (QED) is 0.516. The summed E-state index contributed by atoms with van der Waals surface area (Å²) in [5, 5.41) is 0. The van der Waals surface area contributed by atoms with Crippen LogP contribution >= 0.6 is 22.6 Å². The third-order valence-electron chi connectivity index (χ3n) is 2.28. The van der Waals surface area contributed by atoms with E-state index in [4.69, 9.17) is 0 Å². The number of halogens is 1. The Bertz CT molecular complexity index is 61.1. The number of alkyl halides is 1. The normalized spacial score (nSPS) is 16.8. The Labute approximate surface area is 78.9 Å². The van der Waals surface area contributed by atoms with Crippen molar-refractivity contribution in [1.82, 2.24) is 0 Å². The van der Waals surface area contributed by atoms with Gasteiger partial charge in [-0.1, -0.05) is 56.2 Å². The van der Waals surface area contributed by atoms with E-state index in [1.54, 1.807) is 0 Å². The summed E-state index contributed by atoms with van der Waals surface area (Å²) in [6.45, 7) is 7.02. The van der Waals surface area contributed by atoms with Crippen molar-refractivity contribution in [2.24, 2.45) is 11.8 Å². The Kier molecular flexibility index (Phi) is 6.91. The number of hydrogen-bond acceptors (Lipinski definition) is 0. The molecule has 0 aromatic rings. The fraction of sp³-hybridized carbons (Fsp3) is 1.00. The van der Waals surface area contributed by atoms with Crippen molar-refractivity contribution < 1.29 is 0 Å². The molecular formula is C9H19I. The Hall–Kier alpha value is 0.730. The fourth-order valence-electron chi connectivity index (χ4n) is 1.20. The molecule has 0 amide bonds. The summed E-state index contributed by atoms with van der Waals surface area (Å²) in [7, 11) is 0. The molecule has 0 saturated heterocycles. The van der Waals surface area contributed by atoms with Gasteiger partial charge in [-0.3, -0.25) is 0 Å². The van der Waals surface area contributed by atoms with Crippen LogP contribution in [0.4, 0.5) is 0 Å². The van der Waals surface area contributed by atoms with Crippen molar-refractivity contribution in [3.63, 3.8) is 0 Å². The van der Waals surface area contributed by atoms with Gasteiger partial charge in [0.05, 0.1) is 0 Å². The second-order valence-electron chi connectivity index (χ2n) is 3.22. The molecule has 0 saturated carbocycles. The van der Waals surface area contributed by atoms with E-state index in [1.165, 1.54) is 23.7 Å². The molecule has 0 aromatic heterocycles. The molecular weight excluding hydrogens is 235 g/mol. The van der Waals surface area contributed by atoms with E-state index >= 15 is 0 Å². The first-order valence-corrected chi connectivity index (χ1v) is 5.80. The monoisotopic (exact) mass is 254 g/mol. The molecule has 0 N–H and O–H groups in total. The Morgan fingerprint density at radius 3 is 2.00 bits per heavy atom. The van der Waals surface area contributed by atoms with Gasteiger partial charge in [0.15, 0.2) is 0 Å². The van der Waals surface area contributed by atoms with Gasteiger partial charge in [-0.15, -0.1) is 0 Å². The van der Waals surface area contributed by atoms with Crippen LogP contribution in [0.3, 0.4) is 0 Å². The lowest BCUT2D eigenvalue weighted by Gasteiger charge is -2.17. The fourth-order valence-corrected chi connectivity index (χ4v) is 2.18. The maximum absolute atomic E-state index is 2.46. The zero-order valence-corrected chi connectivity index (χ0v) is 9.52. The predicted octanol–water partition coefficient (Wildman–Crippen LogP) is 3.88. The Balaban J connectivity index is 3.38. The molecule has 2 unspecified atom stereocenters. The summed E-state index contributed by atoms with van der Waals surface area (Å²) in [5.41, 5.74) is 0. The molecule has 0 radical (unpaired) electrons. The highest BCUT2D eigenvalue weighted by Crippen LogP contribution is 2.20. The van der Waals surface area contributed by atoms with Crippen molar-refractivity contribution >= 4 is 22.6 Å². The molecule has 0 bridgehead atoms. The molecule has 0 aromatic carbocycles. The van der Waals surface area contributed by atoms with Gasteiger partial charge in [-0.25, -0.2) is 0 Å². The van der Waals surface area contributed by atoms with Crippen LogP contribution in [-0.4, -0.2) is 4.43 Å². The number of hydrogen-bond donors (Lipinski definition) is 0. The van der Waals surface area contributed by atoms with Crippen LogP contribution in [0.25, 0.3) is 0 Å². The lowest BCUT2D eigenvalue weighted by molar-refractivity contribution is 0.356.